The average Bonchev–Trinajstić information content (AvgIpc) is 3.23. The van der Waals surface area contributed by atoms with Gasteiger partial charge < -0.3 is 15.3 Å². The molecule has 20 heavy (non-hydrogen) atoms. The summed E-state index contributed by atoms with van der Waals surface area (Å²) in [4.78, 5) is 6.65. The summed E-state index contributed by atoms with van der Waals surface area (Å²) in [5.41, 5.74) is 2.19. The number of hydrogen-bond donors (Lipinski definition) is 2. The molecule has 0 amide bonds. The van der Waals surface area contributed by atoms with Crippen LogP contribution in [0.3, 0.4) is 0 Å². The van der Waals surface area contributed by atoms with Gasteiger partial charge in [-0.1, -0.05) is 12.1 Å². The average molecular weight is 271 g/mol. The highest BCUT2D eigenvalue weighted by Crippen LogP contribution is 2.33. The minimum Gasteiger partial charge on any atom is -0.395 e. The fourth-order valence-electron chi connectivity index (χ4n) is 2.50. The molecule has 0 atom stereocenters. The van der Waals surface area contributed by atoms with Crippen LogP contribution in [-0.4, -0.2) is 36.3 Å². The van der Waals surface area contributed by atoms with Gasteiger partial charge in [0.25, 0.3) is 0 Å². The zero-order chi connectivity index (χ0) is 14.1. The van der Waals surface area contributed by atoms with Crippen molar-refractivity contribution in [3.63, 3.8) is 0 Å². The molecule has 1 fully saturated rings. The van der Waals surface area contributed by atoms with Gasteiger partial charge in [-0.05, 0) is 31.9 Å². The topological polar surface area (TPSA) is 48.4 Å². The summed E-state index contributed by atoms with van der Waals surface area (Å²) >= 11 is 0. The van der Waals surface area contributed by atoms with Crippen LogP contribution in [0.25, 0.3) is 10.8 Å². The number of hydrogen-bond acceptors (Lipinski definition) is 4. The molecule has 1 aliphatic carbocycles. The maximum atomic E-state index is 9.14. The van der Waals surface area contributed by atoms with Gasteiger partial charge in [0.1, 0.15) is 5.82 Å². The maximum Gasteiger partial charge on any atom is 0.136 e. The highest BCUT2D eigenvalue weighted by atomic mass is 16.3. The van der Waals surface area contributed by atoms with E-state index in [0.29, 0.717) is 12.6 Å². The highest BCUT2D eigenvalue weighted by molar-refractivity contribution is 6.00. The van der Waals surface area contributed by atoms with Gasteiger partial charge in [0.15, 0.2) is 0 Å². The quantitative estimate of drug-likeness (QED) is 0.877. The van der Waals surface area contributed by atoms with Crippen molar-refractivity contribution in [1.82, 2.24) is 4.98 Å². The minimum atomic E-state index is 0.133. The number of nitrogens with zero attached hydrogens (tertiary/aromatic N) is 2. The number of rotatable bonds is 5. The molecule has 1 aromatic carbocycles. The van der Waals surface area contributed by atoms with E-state index in [1.807, 2.05) is 18.9 Å². The van der Waals surface area contributed by atoms with E-state index in [1.54, 1.807) is 0 Å². The summed E-state index contributed by atoms with van der Waals surface area (Å²) in [6.07, 6.45) is 2.52. The number of benzene rings is 1. The summed E-state index contributed by atoms with van der Waals surface area (Å²) in [7, 11) is 1.97. The lowest BCUT2D eigenvalue weighted by atomic mass is 10.1. The van der Waals surface area contributed by atoms with Gasteiger partial charge >= 0.3 is 0 Å². The molecule has 1 aromatic heterocycles. The van der Waals surface area contributed by atoms with E-state index < -0.39 is 0 Å². The van der Waals surface area contributed by atoms with Gasteiger partial charge in [-0.15, -0.1) is 0 Å². The van der Waals surface area contributed by atoms with Crippen molar-refractivity contribution in [3.05, 3.63) is 30.0 Å². The second-order valence-electron chi connectivity index (χ2n) is 5.55. The van der Waals surface area contributed by atoms with Crippen LogP contribution in [0.2, 0.25) is 0 Å². The Morgan fingerprint density at radius 3 is 2.85 bits per heavy atom. The first-order valence-electron chi connectivity index (χ1n) is 7.18. The van der Waals surface area contributed by atoms with Gasteiger partial charge in [0, 0.05) is 41.8 Å². The Morgan fingerprint density at radius 2 is 2.15 bits per heavy atom. The summed E-state index contributed by atoms with van der Waals surface area (Å²) < 4.78 is 0. The van der Waals surface area contributed by atoms with Crippen LogP contribution in [0, 0.1) is 6.92 Å². The molecule has 0 bridgehead atoms. The molecule has 4 nitrogen and oxygen atoms in total. The zero-order valence-electron chi connectivity index (χ0n) is 12.1. The van der Waals surface area contributed by atoms with Gasteiger partial charge in [-0.3, -0.25) is 0 Å². The molecule has 0 unspecified atom stereocenters. The molecule has 1 aliphatic rings. The Balaban J connectivity index is 2.10. The number of likely N-dealkylation sites (N-methyl/N-ethyl adjacent to an activating group) is 1. The predicted octanol–water partition coefficient (Wildman–Crippen LogP) is 2.55. The fraction of sp³-hybridized carbons (Fsp3) is 0.438. The van der Waals surface area contributed by atoms with Crippen molar-refractivity contribution >= 4 is 22.3 Å². The van der Waals surface area contributed by atoms with Gasteiger partial charge in [-0.2, -0.15) is 0 Å². The van der Waals surface area contributed by atoms with Crippen LogP contribution < -0.4 is 10.2 Å². The summed E-state index contributed by atoms with van der Waals surface area (Å²) in [5, 5.41) is 15.1. The summed E-state index contributed by atoms with van der Waals surface area (Å²) in [6.45, 7) is 2.74. The Kier molecular flexibility index (Phi) is 3.49. The van der Waals surface area contributed by atoms with Crippen molar-refractivity contribution in [1.29, 1.82) is 0 Å². The third kappa shape index (κ3) is 2.56. The van der Waals surface area contributed by atoms with Crippen molar-refractivity contribution < 1.29 is 5.11 Å². The number of fused-ring (bicyclic) bond motifs is 1. The molecule has 1 saturated carbocycles. The molecule has 0 spiro atoms. The largest absolute Gasteiger partial charge is 0.395 e. The molecule has 0 aliphatic heterocycles. The normalized spacial score (nSPS) is 14.6. The monoisotopic (exact) mass is 271 g/mol. The molecule has 3 rings (SSSR count). The van der Waals surface area contributed by atoms with Crippen LogP contribution in [0.1, 0.15) is 18.5 Å². The first-order chi connectivity index (χ1) is 9.69. The van der Waals surface area contributed by atoms with Crippen LogP contribution in [0.4, 0.5) is 11.5 Å². The fourth-order valence-corrected chi connectivity index (χ4v) is 2.50. The van der Waals surface area contributed by atoms with E-state index in [4.69, 9.17) is 5.11 Å². The Labute approximate surface area is 119 Å². The van der Waals surface area contributed by atoms with Crippen molar-refractivity contribution in [3.8, 4) is 0 Å². The molecule has 0 radical (unpaired) electrons. The summed E-state index contributed by atoms with van der Waals surface area (Å²) in [6, 6.07) is 9.07. The Bertz CT molecular complexity index is 622. The molecule has 106 valence electrons. The third-order valence-electron chi connectivity index (χ3n) is 3.72. The molecular formula is C16H21N3O. The van der Waals surface area contributed by atoms with Crippen molar-refractivity contribution in [2.24, 2.45) is 0 Å². The second-order valence-corrected chi connectivity index (χ2v) is 5.55. The lowest BCUT2D eigenvalue weighted by molar-refractivity contribution is 0.304. The molecule has 2 aromatic rings. The smallest absolute Gasteiger partial charge is 0.136 e. The van der Waals surface area contributed by atoms with Crippen LogP contribution in [-0.2, 0) is 0 Å². The van der Waals surface area contributed by atoms with Crippen molar-refractivity contribution in [2.45, 2.75) is 25.8 Å². The number of aliphatic hydroxyl groups is 1. The summed E-state index contributed by atoms with van der Waals surface area (Å²) in [5.74, 6) is 0.938. The third-order valence-corrected chi connectivity index (χ3v) is 3.72. The molecular weight excluding hydrogens is 250 g/mol. The van der Waals surface area contributed by atoms with E-state index in [1.165, 1.54) is 23.9 Å². The number of anilines is 2. The lowest BCUT2D eigenvalue weighted by Gasteiger charge is -2.20. The van der Waals surface area contributed by atoms with Gasteiger partial charge in [0.05, 0.1) is 6.61 Å². The number of aromatic nitrogens is 1. The molecule has 4 heteroatoms. The second kappa shape index (κ2) is 5.29. The van der Waals surface area contributed by atoms with Crippen molar-refractivity contribution in [2.75, 3.05) is 30.4 Å². The van der Waals surface area contributed by atoms with Gasteiger partial charge in [-0.25, -0.2) is 4.98 Å². The number of nitrogens with one attached hydrogen (secondary N) is 1. The lowest BCUT2D eigenvalue weighted by Crippen LogP contribution is -2.22. The standard InChI is InChI=1S/C16H21N3O/c1-11-10-14-13(16(17-11)19(2)8-9-20)4-3-5-15(14)18-12-6-7-12/h3-5,10,12,18,20H,6-9H2,1-2H3. The maximum absolute atomic E-state index is 9.14. The minimum absolute atomic E-state index is 0.133. The van der Waals surface area contributed by atoms with E-state index in [0.717, 1.165) is 16.9 Å². The predicted molar refractivity (Wildman–Crippen MR) is 83.5 cm³/mol. The SMILES string of the molecule is Cc1cc2c(NC3CC3)cccc2c(N(C)CCO)n1. The van der Waals surface area contributed by atoms with E-state index in [-0.39, 0.29) is 6.61 Å². The molecule has 2 N–H and O–H groups in total. The van der Waals surface area contributed by atoms with Crippen LogP contribution >= 0.6 is 0 Å². The van der Waals surface area contributed by atoms with E-state index in [2.05, 4.69) is 34.6 Å². The number of aryl methyl sites for hydroxylation is 1. The highest BCUT2D eigenvalue weighted by Gasteiger charge is 2.22. The Hall–Kier alpha value is -1.81. The number of aliphatic hydroxyl groups excluding tert-OH is 1. The first kappa shape index (κ1) is 13.2. The van der Waals surface area contributed by atoms with E-state index in [9.17, 15) is 0 Å². The molecule has 1 heterocycles. The van der Waals surface area contributed by atoms with E-state index >= 15 is 0 Å². The molecule has 0 saturated heterocycles. The van der Waals surface area contributed by atoms with Gasteiger partial charge in [0.2, 0.25) is 0 Å². The zero-order valence-corrected chi connectivity index (χ0v) is 12.1. The first-order valence-corrected chi connectivity index (χ1v) is 7.18. The van der Waals surface area contributed by atoms with Crippen LogP contribution in [0.5, 0.6) is 0 Å². The number of pyridine rings is 1. The van der Waals surface area contributed by atoms with Crippen LogP contribution in [0.15, 0.2) is 24.3 Å². The Morgan fingerprint density at radius 1 is 1.35 bits per heavy atom.